The number of carbonyl (C=O) groups excluding carboxylic acids is 1. The Morgan fingerprint density at radius 1 is 1.42 bits per heavy atom. The van der Waals surface area contributed by atoms with Gasteiger partial charge in [-0.3, -0.25) is 4.79 Å². The highest BCUT2D eigenvalue weighted by molar-refractivity contribution is 7.89. The molecule has 8 heteroatoms. The van der Waals surface area contributed by atoms with E-state index in [1.807, 2.05) is 0 Å². The molecule has 6 nitrogen and oxygen atoms in total. The van der Waals surface area contributed by atoms with Gasteiger partial charge in [0, 0.05) is 12.6 Å². The number of likely N-dealkylation sites (N-methyl/N-ethyl adjacent to an activating group) is 1. The number of nitrogens with two attached hydrogens (primary N) is 1. The molecule has 1 amide bonds. The maximum Gasteiger partial charge on any atom is 0.241 e. The van der Waals surface area contributed by atoms with Crippen molar-refractivity contribution < 1.29 is 13.2 Å². The van der Waals surface area contributed by atoms with Crippen LogP contribution in [0.15, 0.2) is 23.1 Å². The van der Waals surface area contributed by atoms with E-state index in [2.05, 4.69) is 10.0 Å². The minimum atomic E-state index is -3.78. The molecule has 0 saturated carbocycles. The number of rotatable bonds is 5. The zero-order chi connectivity index (χ0) is 14.6. The molecule has 0 spiro atoms. The van der Waals surface area contributed by atoms with Crippen molar-refractivity contribution in [2.75, 3.05) is 13.6 Å². The molecule has 19 heavy (non-hydrogen) atoms. The van der Waals surface area contributed by atoms with Gasteiger partial charge in [-0.2, -0.15) is 0 Å². The summed E-state index contributed by atoms with van der Waals surface area (Å²) in [4.78, 5) is 11.2. The van der Waals surface area contributed by atoms with Gasteiger partial charge in [-0.15, -0.1) is 0 Å². The molecular weight excluding hydrogens is 286 g/mol. The van der Waals surface area contributed by atoms with Gasteiger partial charge in [0.05, 0.1) is 11.4 Å². The summed E-state index contributed by atoms with van der Waals surface area (Å²) in [5.74, 6) is -0.424. The summed E-state index contributed by atoms with van der Waals surface area (Å²) < 4.78 is 26.4. The van der Waals surface area contributed by atoms with Gasteiger partial charge >= 0.3 is 0 Å². The van der Waals surface area contributed by atoms with Crippen molar-refractivity contribution in [3.05, 3.63) is 29.3 Å². The Balaban J connectivity index is 3.10. The number of thiocarbonyl (C=S) groups is 1. The molecule has 0 fully saturated rings. The predicted molar refractivity (Wildman–Crippen MR) is 76.3 cm³/mol. The lowest BCUT2D eigenvalue weighted by molar-refractivity contribution is -0.119. The normalized spacial score (nSPS) is 11.1. The standard InChI is InChI=1S/C11H15N3O3S2/c1-7-3-4-8(11(12)18)5-9(7)19(16,17)14-6-10(15)13-2/h3-5,14H,6H2,1-2H3,(H2,12,18)(H,13,15). The average Bonchev–Trinajstić information content (AvgIpc) is 2.36. The maximum absolute atomic E-state index is 12.1. The highest BCUT2D eigenvalue weighted by atomic mass is 32.2. The number of benzene rings is 1. The second-order valence-electron chi connectivity index (χ2n) is 3.84. The van der Waals surface area contributed by atoms with E-state index in [1.54, 1.807) is 19.1 Å². The lowest BCUT2D eigenvalue weighted by Gasteiger charge is -2.10. The predicted octanol–water partition coefficient (Wildman–Crippen LogP) is -0.346. The summed E-state index contributed by atoms with van der Waals surface area (Å²) in [5, 5.41) is 2.33. The molecule has 1 aromatic rings. The Bertz CT molecular complexity index is 612. The van der Waals surface area contributed by atoms with Crippen LogP contribution in [0.5, 0.6) is 0 Å². The Hall–Kier alpha value is -1.51. The minimum absolute atomic E-state index is 0.0571. The van der Waals surface area contributed by atoms with E-state index >= 15 is 0 Å². The van der Waals surface area contributed by atoms with Crippen LogP contribution in [0.25, 0.3) is 0 Å². The van der Waals surface area contributed by atoms with Gasteiger partial charge in [0.25, 0.3) is 0 Å². The van der Waals surface area contributed by atoms with Crippen molar-refractivity contribution >= 4 is 33.1 Å². The average molecular weight is 301 g/mol. The summed E-state index contributed by atoms with van der Waals surface area (Å²) in [7, 11) is -2.35. The monoisotopic (exact) mass is 301 g/mol. The van der Waals surface area contributed by atoms with Gasteiger partial charge in [0.2, 0.25) is 15.9 Å². The molecule has 0 heterocycles. The fraction of sp³-hybridized carbons (Fsp3) is 0.273. The summed E-state index contributed by atoms with van der Waals surface area (Å²) in [5.41, 5.74) is 6.48. The van der Waals surface area contributed by atoms with Crippen LogP contribution < -0.4 is 15.8 Å². The molecule has 0 aromatic heterocycles. The number of hydrogen-bond donors (Lipinski definition) is 3. The highest BCUT2D eigenvalue weighted by Crippen LogP contribution is 2.16. The van der Waals surface area contributed by atoms with Crippen LogP contribution in [-0.2, 0) is 14.8 Å². The minimum Gasteiger partial charge on any atom is -0.389 e. The molecule has 0 saturated heterocycles. The Labute approximate surface area is 117 Å². The molecule has 0 radical (unpaired) electrons. The fourth-order valence-electron chi connectivity index (χ4n) is 1.37. The van der Waals surface area contributed by atoms with E-state index in [-0.39, 0.29) is 16.4 Å². The van der Waals surface area contributed by atoms with Crippen LogP contribution in [-0.4, -0.2) is 32.9 Å². The first kappa shape index (κ1) is 15.5. The zero-order valence-corrected chi connectivity index (χ0v) is 12.2. The van der Waals surface area contributed by atoms with Crippen LogP contribution in [0, 0.1) is 6.92 Å². The Morgan fingerprint density at radius 3 is 2.58 bits per heavy atom. The summed E-state index contributed by atoms with van der Waals surface area (Å²) >= 11 is 4.81. The number of aryl methyl sites for hydroxylation is 1. The van der Waals surface area contributed by atoms with E-state index in [1.165, 1.54) is 13.1 Å². The van der Waals surface area contributed by atoms with Gasteiger partial charge in [-0.05, 0) is 18.6 Å². The highest BCUT2D eigenvalue weighted by Gasteiger charge is 2.18. The van der Waals surface area contributed by atoms with Crippen LogP contribution in [0.4, 0.5) is 0 Å². The lowest BCUT2D eigenvalue weighted by Crippen LogP contribution is -2.35. The number of hydrogen-bond acceptors (Lipinski definition) is 4. The molecule has 0 aliphatic rings. The Morgan fingerprint density at radius 2 is 2.05 bits per heavy atom. The molecule has 4 N–H and O–H groups in total. The molecule has 1 aromatic carbocycles. The molecule has 1 rings (SSSR count). The van der Waals surface area contributed by atoms with Gasteiger partial charge in [0.1, 0.15) is 4.99 Å². The first-order chi connectivity index (χ1) is 8.77. The molecule has 0 unspecified atom stereocenters. The number of sulfonamides is 1. The number of amides is 1. The maximum atomic E-state index is 12.1. The quantitative estimate of drug-likeness (QED) is 0.646. The van der Waals surface area contributed by atoms with Crippen molar-refractivity contribution in [3.8, 4) is 0 Å². The van der Waals surface area contributed by atoms with Gasteiger partial charge < -0.3 is 11.1 Å². The van der Waals surface area contributed by atoms with Crippen LogP contribution in [0.3, 0.4) is 0 Å². The summed E-state index contributed by atoms with van der Waals surface area (Å²) in [6, 6.07) is 4.65. The Kier molecular flexibility index (Phi) is 4.98. The first-order valence-electron chi connectivity index (χ1n) is 5.38. The second-order valence-corrected chi connectivity index (χ2v) is 6.02. The third-order valence-electron chi connectivity index (χ3n) is 2.46. The van der Waals surface area contributed by atoms with Crippen LogP contribution >= 0.6 is 12.2 Å². The molecule has 0 aliphatic carbocycles. The van der Waals surface area contributed by atoms with E-state index in [0.717, 1.165) is 0 Å². The topological polar surface area (TPSA) is 101 Å². The van der Waals surface area contributed by atoms with Gasteiger partial charge in [-0.25, -0.2) is 13.1 Å². The number of nitrogens with one attached hydrogen (secondary N) is 2. The second kappa shape index (κ2) is 6.09. The van der Waals surface area contributed by atoms with Crippen molar-refractivity contribution in [1.29, 1.82) is 0 Å². The van der Waals surface area contributed by atoms with E-state index in [4.69, 9.17) is 18.0 Å². The molecule has 104 valence electrons. The third kappa shape index (κ3) is 3.98. The van der Waals surface area contributed by atoms with Crippen molar-refractivity contribution in [3.63, 3.8) is 0 Å². The number of carbonyl (C=O) groups is 1. The third-order valence-corrected chi connectivity index (χ3v) is 4.24. The van der Waals surface area contributed by atoms with Gasteiger partial charge in [-0.1, -0.05) is 24.4 Å². The SMILES string of the molecule is CNC(=O)CNS(=O)(=O)c1cc(C(N)=S)ccc1C. The smallest absolute Gasteiger partial charge is 0.241 e. The van der Waals surface area contributed by atoms with E-state index < -0.39 is 15.9 Å². The fourth-order valence-corrected chi connectivity index (χ4v) is 2.75. The van der Waals surface area contributed by atoms with Crippen molar-refractivity contribution in [2.45, 2.75) is 11.8 Å². The molecule has 0 atom stereocenters. The van der Waals surface area contributed by atoms with E-state index in [0.29, 0.717) is 11.1 Å². The van der Waals surface area contributed by atoms with Gasteiger partial charge in [0.15, 0.2) is 0 Å². The van der Waals surface area contributed by atoms with Crippen molar-refractivity contribution in [1.82, 2.24) is 10.0 Å². The molecular formula is C11H15N3O3S2. The van der Waals surface area contributed by atoms with Crippen LogP contribution in [0.2, 0.25) is 0 Å². The lowest BCUT2D eigenvalue weighted by atomic mass is 10.1. The molecule has 0 bridgehead atoms. The van der Waals surface area contributed by atoms with E-state index in [9.17, 15) is 13.2 Å². The van der Waals surface area contributed by atoms with Crippen LogP contribution in [0.1, 0.15) is 11.1 Å². The zero-order valence-electron chi connectivity index (χ0n) is 10.6. The molecule has 0 aliphatic heterocycles. The first-order valence-corrected chi connectivity index (χ1v) is 7.28. The van der Waals surface area contributed by atoms with Crippen molar-refractivity contribution in [2.24, 2.45) is 5.73 Å². The summed E-state index contributed by atoms with van der Waals surface area (Å²) in [6.45, 7) is 1.33. The largest absolute Gasteiger partial charge is 0.389 e. The summed E-state index contributed by atoms with van der Waals surface area (Å²) in [6.07, 6.45) is 0.